The highest BCUT2D eigenvalue weighted by Gasteiger charge is 2.36. The van der Waals surface area contributed by atoms with E-state index in [2.05, 4.69) is 9.88 Å². The van der Waals surface area contributed by atoms with Crippen molar-refractivity contribution in [1.29, 1.82) is 0 Å². The summed E-state index contributed by atoms with van der Waals surface area (Å²) >= 11 is 6.44. The number of aromatic nitrogens is 1. The predicted molar refractivity (Wildman–Crippen MR) is 107 cm³/mol. The fraction of sp³-hybridized carbons (Fsp3) is 0.227. The van der Waals surface area contributed by atoms with Crippen molar-refractivity contribution in [2.45, 2.75) is 12.5 Å². The first-order valence-corrected chi connectivity index (χ1v) is 9.84. The van der Waals surface area contributed by atoms with Gasteiger partial charge in [0.1, 0.15) is 17.7 Å². The number of nitrogens with zero attached hydrogens (tertiary/aromatic N) is 2. The molecule has 1 atom stereocenters. The van der Waals surface area contributed by atoms with Crippen LogP contribution in [-0.4, -0.2) is 47.7 Å². The maximum Gasteiger partial charge on any atom is 0.232 e. The van der Waals surface area contributed by atoms with Crippen molar-refractivity contribution in [1.82, 2.24) is 9.88 Å². The summed E-state index contributed by atoms with van der Waals surface area (Å²) < 4.78 is 26.2. The molecule has 6 nitrogen and oxygen atoms in total. The van der Waals surface area contributed by atoms with Gasteiger partial charge in [0.15, 0.2) is 5.69 Å². The van der Waals surface area contributed by atoms with E-state index >= 15 is 0 Å². The Balaban J connectivity index is 1.56. The Morgan fingerprint density at radius 1 is 1.17 bits per heavy atom. The first-order chi connectivity index (χ1) is 14.4. The second-order valence-electron chi connectivity index (χ2n) is 7.43. The van der Waals surface area contributed by atoms with Gasteiger partial charge in [0.2, 0.25) is 23.2 Å². The molecule has 0 amide bonds. The Morgan fingerprint density at radius 2 is 1.90 bits per heavy atom. The zero-order valence-electron chi connectivity index (χ0n) is 15.9. The van der Waals surface area contributed by atoms with Crippen LogP contribution in [-0.2, 0) is 0 Å². The summed E-state index contributed by atoms with van der Waals surface area (Å²) in [5.41, 5.74) is 0.183. The highest BCUT2D eigenvalue weighted by atomic mass is 35.5. The van der Waals surface area contributed by atoms with Crippen molar-refractivity contribution >= 4 is 23.2 Å². The molecule has 2 aliphatic rings. The van der Waals surface area contributed by atoms with Crippen molar-refractivity contribution in [3.8, 4) is 17.2 Å². The second kappa shape index (κ2) is 7.04. The van der Waals surface area contributed by atoms with Crippen molar-refractivity contribution < 1.29 is 23.1 Å². The first-order valence-electron chi connectivity index (χ1n) is 9.47. The number of likely N-dealkylation sites (tertiary alicyclic amines) is 1. The molecule has 1 fully saturated rings. The monoisotopic (exact) mass is 426 g/mol. The molecule has 0 radical (unpaired) electrons. The predicted octanol–water partition coefficient (Wildman–Crippen LogP) is 3.99. The van der Waals surface area contributed by atoms with E-state index in [1.807, 2.05) is 7.05 Å². The average Bonchev–Trinajstić information content (AvgIpc) is 3.35. The number of carbonyl (C=O) groups excluding carboxylic acids is 2. The van der Waals surface area contributed by atoms with E-state index in [4.69, 9.17) is 20.8 Å². The number of ether oxygens (including phenoxy) is 1. The summed E-state index contributed by atoms with van der Waals surface area (Å²) in [6, 6.07) is 9.07. The van der Waals surface area contributed by atoms with Crippen LogP contribution in [0, 0.1) is 5.82 Å². The van der Waals surface area contributed by atoms with E-state index in [-0.39, 0.29) is 45.2 Å². The summed E-state index contributed by atoms with van der Waals surface area (Å²) in [5, 5.41) is -0.0134. The molecule has 0 spiro atoms. The van der Waals surface area contributed by atoms with Crippen LogP contribution in [0.5, 0.6) is 5.75 Å². The van der Waals surface area contributed by atoms with Crippen LogP contribution in [0.15, 0.2) is 40.8 Å². The maximum absolute atomic E-state index is 14.7. The summed E-state index contributed by atoms with van der Waals surface area (Å²) in [6.45, 7) is 1.63. The molecule has 0 unspecified atom stereocenters. The van der Waals surface area contributed by atoms with Gasteiger partial charge in [-0.05, 0) is 25.6 Å². The molecular weight excluding hydrogens is 411 g/mol. The smallest absolute Gasteiger partial charge is 0.232 e. The molecule has 0 saturated carbocycles. The zero-order chi connectivity index (χ0) is 21.0. The topological polar surface area (TPSA) is 72.6 Å². The number of benzene rings is 2. The molecule has 0 N–H and O–H groups in total. The van der Waals surface area contributed by atoms with Crippen molar-refractivity contribution in [3.05, 3.63) is 69.8 Å². The standard InChI is InChI=1S/C22H16ClFN2O4/c1-26-9-8-11(10-26)29-15-7-6-14(24)16(17(15)23)22-25-18-19(27)12-4-2-3-5-13(12)20(28)21(18)30-22/h2-7,11H,8-10H2,1H3/t11-/m1/s1. The lowest BCUT2D eigenvalue weighted by molar-refractivity contribution is 0.0959. The minimum Gasteiger partial charge on any atom is -0.487 e. The minimum absolute atomic E-state index is 0.0134. The Hall–Kier alpha value is -3.03. The van der Waals surface area contributed by atoms with Crippen LogP contribution in [0.1, 0.15) is 38.6 Å². The Morgan fingerprint density at radius 3 is 2.60 bits per heavy atom. The number of hydrogen-bond acceptors (Lipinski definition) is 6. The van der Waals surface area contributed by atoms with Gasteiger partial charge in [-0.25, -0.2) is 9.37 Å². The molecule has 8 heteroatoms. The highest BCUT2D eigenvalue weighted by molar-refractivity contribution is 6.34. The van der Waals surface area contributed by atoms with E-state index < -0.39 is 17.4 Å². The first kappa shape index (κ1) is 19.0. The molecule has 152 valence electrons. The van der Waals surface area contributed by atoms with Crippen LogP contribution < -0.4 is 4.74 Å². The Bertz CT molecular complexity index is 1150. The van der Waals surface area contributed by atoms with E-state index in [0.717, 1.165) is 19.5 Å². The normalized spacial score (nSPS) is 18.4. The van der Waals surface area contributed by atoms with Gasteiger partial charge in [0.05, 0.1) is 10.6 Å². The molecule has 2 heterocycles. The number of oxazole rings is 1. The SMILES string of the molecule is CN1CC[C@@H](Oc2ccc(F)c(-c3nc4c(o3)C(=O)c3ccccc3C4=O)c2Cl)C1. The number of fused-ring (bicyclic) bond motifs is 2. The largest absolute Gasteiger partial charge is 0.487 e. The van der Waals surface area contributed by atoms with E-state index in [9.17, 15) is 14.0 Å². The molecule has 30 heavy (non-hydrogen) atoms. The summed E-state index contributed by atoms with van der Waals surface area (Å²) in [5.74, 6) is -1.76. The number of hydrogen-bond donors (Lipinski definition) is 0. The van der Waals surface area contributed by atoms with Crippen molar-refractivity contribution in [2.75, 3.05) is 20.1 Å². The van der Waals surface area contributed by atoms with Gasteiger partial charge in [-0.2, -0.15) is 0 Å². The average molecular weight is 427 g/mol. The van der Waals surface area contributed by atoms with Crippen LogP contribution in [0.2, 0.25) is 5.02 Å². The van der Waals surface area contributed by atoms with Gasteiger partial charge >= 0.3 is 0 Å². The lowest BCUT2D eigenvalue weighted by Crippen LogP contribution is -2.21. The number of likely N-dealkylation sites (N-methyl/N-ethyl adjacent to an activating group) is 1. The summed E-state index contributed by atoms with van der Waals surface area (Å²) in [7, 11) is 1.99. The fourth-order valence-electron chi connectivity index (χ4n) is 3.85. The molecule has 1 aliphatic heterocycles. The Labute approximate surface area is 176 Å². The van der Waals surface area contributed by atoms with Crippen molar-refractivity contribution in [2.24, 2.45) is 0 Å². The van der Waals surface area contributed by atoms with E-state index in [1.165, 1.54) is 12.1 Å². The maximum atomic E-state index is 14.7. The summed E-state index contributed by atoms with van der Waals surface area (Å²) in [6.07, 6.45) is 0.759. The van der Waals surface area contributed by atoms with Crippen LogP contribution >= 0.6 is 11.6 Å². The quantitative estimate of drug-likeness (QED) is 0.493. The molecule has 2 aromatic carbocycles. The summed E-state index contributed by atoms with van der Waals surface area (Å²) in [4.78, 5) is 31.8. The number of carbonyl (C=O) groups is 2. The van der Waals surface area contributed by atoms with Crippen LogP contribution in [0.4, 0.5) is 4.39 Å². The van der Waals surface area contributed by atoms with Gasteiger partial charge in [-0.1, -0.05) is 35.9 Å². The molecular formula is C22H16ClFN2O4. The van der Waals surface area contributed by atoms with Gasteiger partial charge in [0.25, 0.3) is 0 Å². The second-order valence-corrected chi connectivity index (χ2v) is 7.80. The molecule has 5 rings (SSSR count). The molecule has 1 aromatic heterocycles. The van der Waals surface area contributed by atoms with E-state index in [1.54, 1.807) is 24.3 Å². The fourth-order valence-corrected chi connectivity index (χ4v) is 4.13. The lowest BCUT2D eigenvalue weighted by Gasteiger charge is -2.16. The third-order valence-electron chi connectivity index (χ3n) is 5.38. The van der Waals surface area contributed by atoms with Crippen molar-refractivity contribution in [3.63, 3.8) is 0 Å². The minimum atomic E-state index is -0.688. The van der Waals surface area contributed by atoms with Crippen LogP contribution in [0.3, 0.4) is 0 Å². The van der Waals surface area contributed by atoms with Gasteiger partial charge in [-0.15, -0.1) is 0 Å². The third-order valence-corrected chi connectivity index (χ3v) is 5.75. The zero-order valence-corrected chi connectivity index (χ0v) is 16.7. The van der Waals surface area contributed by atoms with Gasteiger partial charge in [0, 0.05) is 24.2 Å². The molecule has 3 aromatic rings. The van der Waals surface area contributed by atoms with Gasteiger partial charge in [-0.3, -0.25) is 9.59 Å². The molecule has 1 saturated heterocycles. The highest BCUT2D eigenvalue weighted by Crippen LogP contribution is 2.40. The number of halogens is 2. The Kier molecular flexibility index (Phi) is 4.45. The molecule has 0 bridgehead atoms. The molecule has 1 aliphatic carbocycles. The number of rotatable bonds is 3. The number of ketones is 2. The van der Waals surface area contributed by atoms with E-state index in [0.29, 0.717) is 5.75 Å². The third kappa shape index (κ3) is 2.93. The lowest BCUT2D eigenvalue weighted by atomic mass is 9.91. The van der Waals surface area contributed by atoms with Gasteiger partial charge < -0.3 is 14.1 Å². The van der Waals surface area contributed by atoms with Crippen LogP contribution in [0.25, 0.3) is 11.5 Å².